The van der Waals surface area contributed by atoms with Crippen molar-refractivity contribution in [3.8, 4) is 12.3 Å². The summed E-state index contributed by atoms with van der Waals surface area (Å²) in [5.74, 6) is 2.38. The highest BCUT2D eigenvalue weighted by Gasteiger charge is 2.19. The number of carbonyl (C=O) groups is 1. The molecule has 0 aromatic carbocycles. The van der Waals surface area contributed by atoms with Crippen molar-refractivity contribution >= 4 is 5.91 Å². The van der Waals surface area contributed by atoms with E-state index in [0.717, 1.165) is 12.8 Å². The first-order valence-corrected chi connectivity index (χ1v) is 5.05. The number of amides is 1. The third kappa shape index (κ3) is 7.98. The average Bonchev–Trinajstić information content (AvgIpc) is 2.22. The summed E-state index contributed by atoms with van der Waals surface area (Å²) in [5, 5.41) is 20.7. The van der Waals surface area contributed by atoms with Crippen LogP contribution >= 0.6 is 0 Å². The topological polar surface area (TPSA) is 69.6 Å². The van der Waals surface area contributed by atoms with Gasteiger partial charge in [-0.15, -0.1) is 12.3 Å². The molecule has 4 heteroatoms. The van der Waals surface area contributed by atoms with Gasteiger partial charge in [0.1, 0.15) is 5.60 Å². The van der Waals surface area contributed by atoms with Crippen LogP contribution in [0.25, 0.3) is 0 Å². The van der Waals surface area contributed by atoms with Crippen LogP contribution in [-0.2, 0) is 4.79 Å². The molecule has 0 spiro atoms. The summed E-state index contributed by atoms with van der Waals surface area (Å²) in [7, 11) is 0. The highest BCUT2D eigenvalue weighted by molar-refractivity contribution is 5.75. The van der Waals surface area contributed by atoms with Crippen LogP contribution in [-0.4, -0.2) is 34.9 Å². The predicted octanol–water partition coefficient (Wildman–Crippen LogP) is 0.0395. The number of nitrogens with one attached hydrogen (secondary N) is 1. The Morgan fingerprint density at radius 3 is 2.73 bits per heavy atom. The fourth-order valence-corrected chi connectivity index (χ4v) is 0.946. The van der Waals surface area contributed by atoms with E-state index >= 15 is 0 Å². The standard InChI is InChI=1S/C11H19NO3/c1-3-4-5-6-7-10(14)12-8-11(2,15)9-13/h1,13,15H,4-9H2,2H3,(H,12,14). The van der Waals surface area contributed by atoms with Crippen molar-refractivity contribution in [3.05, 3.63) is 0 Å². The monoisotopic (exact) mass is 213 g/mol. The van der Waals surface area contributed by atoms with E-state index in [4.69, 9.17) is 11.5 Å². The van der Waals surface area contributed by atoms with Gasteiger partial charge in [-0.05, 0) is 19.8 Å². The molecular weight excluding hydrogens is 194 g/mol. The van der Waals surface area contributed by atoms with Crippen molar-refractivity contribution in [2.45, 2.75) is 38.2 Å². The fraction of sp³-hybridized carbons (Fsp3) is 0.727. The molecule has 15 heavy (non-hydrogen) atoms. The van der Waals surface area contributed by atoms with Crippen LogP contribution in [0, 0.1) is 12.3 Å². The van der Waals surface area contributed by atoms with Gasteiger partial charge in [-0.2, -0.15) is 0 Å². The average molecular weight is 213 g/mol. The molecule has 0 heterocycles. The van der Waals surface area contributed by atoms with Crippen molar-refractivity contribution < 1.29 is 15.0 Å². The van der Waals surface area contributed by atoms with Crippen LogP contribution in [0.15, 0.2) is 0 Å². The summed E-state index contributed by atoms with van der Waals surface area (Å²) >= 11 is 0. The number of unbranched alkanes of at least 4 members (excludes halogenated alkanes) is 2. The SMILES string of the molecule is C#CCCCCC(=O)NCC(C)(O)CO. The lowest BCUT2D eigenvalue weighted by atomic mass is 10.1. The number of aliphatic hydroxyl groups excluding tert-OH is 1. The lowest BCUT2D eigenvalue weighted by Crippen LogP contribution is -2.43. The maximum Gasteiger partial charge on any atom is 0.220 e. The van der Waals surface area contributed by atoms with E-state index in [1.807, 2.05) is 0 Å². The number of rotatable bonds is 7. The Labute approximate surface area is 90.7 Å². The molecule has 4 nitrogen and oxygen atoms in total. The Bertz CT molecular complexity index is 230. The van der Waals surface area contributed by atoms with Gasteiger partial charge in [-0.25, -0.2) is 0 Å². The van der Waals surface area contributed by atoms with Crippen LogP contribution in [0.3, 0.4) is 0 Å². The minimum absolute atomic E-state index is 0.0669. The molecule has 1 amide bonds. The molecule has 0 aliphatic carbocycles. The van der Waals surface area contributed by atoms with Crippen LogP contribution in [0.2, 0.25) is 0 Å². The van der Waals surface area contributed by atoms with E-state index in [2.05, 4.69) is 11.2 Å². The van der Waals surface area contributed by atoms with E-state index in [1.54, 1.807) is 0 Å². The van der Waals surface area contributed by atoms with Gasteiger partial charge in [0.15, 0.2) is 0 Å². The second-order valence-corrected chi connectivity index (χ2v) is 3.84. The third-order valence-electron chi connectivity index (χ3n) is 1.98. The molecule has 1 atom stereocenters. The highest BCUT2D eigenvalue weighted by atomic mass is 16.3. The first kappa shape index (κ1) is 13.9. The normalized spacial score (nSPS) is 14.0. The van der Waals surface area contributed by atoms with Gasteiger partial charge in [0, 0.05) is 19.4 Å². The second-order valence-electron chi connectivity index (χ2n) is 3.84. The van der Waals surface area contributed by atoms with Crippen molar-refractivity contribution in [2.75, 3.05) is 13.2 Å². The summed E-state index contributed by atoms with van der Waals surface area (Å²) in [6, 6.07) is 0. The van der Waals surface area contributed by atoms with Gasteiger partial charge >= 0.3 is 0 Å². The quantitative estimate of drug-likeness (QED) is 0.413. The van der Waals surface area contributed by atoms with E-state index in [1.165, 1.54) is 6.92 Å². The molecule has 0 aliphatic rings. The van der Waals surface area contributed by atoms with Gasteiger partial charge in [0.05, 0.1) is 6.61 Å². The molecule has 0 saturated carbocycles. The van der Waals surface area contributed by atoms with E-state index in [0.29, 0.717) is 12.8 Å². The molecule has 86 valence electrons. The summed E-state index contributed by atoms with van der Waals surface area (Å²) < 4.78 is 0. The van der Waals surface area contributed by atoms with Gasteiger partial charge in [-0.3, -0.25) is 4.79 Å². The Hall–Kier alpha value is -1.05. The van der Waals surface area contributed by atoms with E-state index in [-0.39, 0.29) is 19.1 Å². The summed E-state index contributed by atoms with van der Waals surface area (Å²) in [5.41, 5.74) is -1.24. The van der Waals surface area contributed by atoms with Gasteiger partial charge < -0.3 is 15.5 Å². The Morgan fingerprint density at radius 2 is 2.20 bits per heavy atom. The molecule has 3 N–H and O–H groups in total. The van der Waals surface area contributed by atoms with Crippen LogP contribution in [0.4, 0.5) is 0 Å². The largest absolute Gasteiger partial charge is 0.393 e. The summed E-state index contributed by atoms with van der Waals surface area (Å²) in [6.45, 7) is 1.16. The van der Waals surface area contributed by atoms with Gasteiger partial charge in [0.25, 0.3) is 0 Å². The molecule has 0 rings (SSSR count). The van der Waals surface area contributed by atoms with E-state index < -0.39 is 5.60 Å². The zero-order chi connectivity index (χ0) is 11.7. The lowest BCUT2D eigenvalue weighted by Gasteiger charge is -2.20. The predicted molar refractivity (Wildman–Crippen MR) is 58.0 cm³/mol. The zero-order valence-electron chi connectivity index (χ0n) is 9.12. The minimum Gasteiger partial charge on any atom is -0.393 e. The van der Waals surface area contributed by atoms with Gasteiger partial charge in [0.2, 0.25) is 5.91 Å². The lowest BCUT2D eigenvalue weighted by molar-refractivity contribution is -0.122. The van der Waals surface area contributed by atoms with Crippen LogP contribution in [0.5, 0.6) is 0 Å². The summed E-state index contributed by atoms with van der Waals surface area (Å²) in [6.07, 6.45) is 7.74. The highest BCUT2D eigenvalue weighted by Crippen LogP contribution is 2.01. The number of terminal acetylenes is 1. The molecule has 0 fully saturated rings. The number of hydrogen-bond acceptors (Lipinski definition) is 3. The van der Waals surface area contributed by atoms with Crippen molar-refractivity contribution in [1.29, 1.82) is 0 Å². The smallest absolute Gasteiger partial charge is 0.220 e. The molecule has 1 unspecified atom stereocenters. The van der Waals surface area contributed by atoms with E-state index in [9.17, 15) is 9.90 Å². The third-order valence-corrected chi connectivity index (χ3v) is 1.98. The van der Waals surface area contributed by atoms with Crippen molar-refractivity contribution in [1.82, 2.24) is 5.32 Å². The van der Waals surface area contributed by atoms with Crippen LogP contribution in [0.1, 0.15) is 32.6 Å². The second kappa shape index (κ2) is 7.27. The maximum atomic E-state index is 11.2. The Morgan fingerprint density at radius 1 is 1.53 bits per heavy atom. The first-order valence-electron chi connectivity index (χ1n) is 5.05. The molecule has 0 aliphatic heterocycles. The molecule has 0 bridgehead atoms. The summed E-state index contributed by atoms with van der Waals surface area (Å²) in [4.78, 5) is 11.2. The number of carbonyl (C=O) groups excluding carboxylic acids is 1. The molecule has 0 aromatic heterocycles. The fourth-order valence-electron chi connectivity index (χ4n) is 0.946. The first-order chi connectivity index (χ1) is 7.02. The minimum atomic E-state index is -1.24. The number of aliphatic hydroxyl groups is 2. The molecular formula is C11H19NO3. The van der Waals surface area contributed by atoms with Crippen molar-refractivity contribution in [2.24, 2.45) is 0 Å². The zero-order valence-corrected chi connectivity index (χ0v) is 9.12. The van der Waals surface area contributed by atoms with Gasteiger partial charge in [-0.1, -0.05) is 0 Å². The maximum absolute atomic E-state index is 11.2. The van der Waals surface area contributed by atoms with Crippen molar-refractivity contribution in [3.63, 3.8) is 0 Å². The Balaban J connectivity index is 3.54. The Kier molecular flexibility index (Phi) is 6.76. The van der Waals surface area contributed by atoms with Crippen LogP contribution < -0.4 is 5.32 Å². The molecule has 0 aromatic rings. The molecule has 0 saturated heterocycles. The molecule has 0 radical (unpaired) electrons. The number of hydrogen-bond donors (Lipinski definition) is 3.